The molecule has 0 aliphatic carbocycles. The monoisotopic (exact) mass is 264 g/mol. The Labute approximate surface area is 118 Å². The Balaban J connectivity index is 1.91. The molecule has 1 heterocycles. The van der Waals surface area contributed by atoms with Gasteiger partial charge < -0.3 is 9.15 Å². The van der Waals surface area contributed by atoms with Gasteiger partial charge in [-0.05, 0) is 43.3 Å². The first-order valence-corrected chi connectivity index (χ1v) is 6.57. The molecule has 0 amide bonds. The lowest BCUT2D eigenvalue weighted by molar-refractivity contribution is 0.415. The average Bonchev–Trinajstić information content (AvgIpc) is 2.98. The molecule has 1 aromatic heterocycles. The minimum absolute atomic E-state index is 0.846. The first kappa shape index (κ1) is 12.5. The first-order chi connectivity index (χ1) is 9.76. The molecule has 0 aliphatic rings. The van der Waals surface area contributed by atoms with Crippen molar-refractivity contribution in [1.29, 1.82) is 0 Å². The summed E-state index contributed by atoms with van der Waals surface area (Å²) in [6.45, 7) is 2.08. The van der Waals surface area contributed by atoms with Gasteiger partial charge in [0.1, 0.15) is 17.3 Å². The molecule has 20 heavy (non-hydrogen) atoms. The van der Waals surface area contributed by atoms with Crippen LogP contribution in [-0.2, 0) is 0 Å². The zero-order valence-electron chi connectivity index (χ0n) is 11.6. The summed E-state index contributed by atoms with van der Waals surface area (Å²) in [4.78, 5) is 0. The van der Waals surface area contributed by atoms with Crippen LogP contribution in [0.3, 0.4) is 0 Å². The second kappa shape index (κ2) is 5.25. The molecule has 0 aliphatic heterocycles. The molecule has 0 N–H and O–H groups in total. The summed E-state index contributed by atoms with van der Waals surface area (Å²) in [6, 6.07) is 20.2. The van der Waals surface area contributed by atoms with Crippen molar-refractivity contribution in [3.63, 3.8) is 0 Å². The molecule has 0 fully saturated rings. The Hall–Kier alpha value is -2.48. The van der Waals surface area contributed by atoms with Crippen molar-refractivity contribution < 1.29 is 9.15 Å². The minimum Gasteiger partial charge on any atom is -0.497 e. The molecule has 2 aromatic carbocycles. The van der Waals surface area contributed by atoms with Crippen LogP contribution in [0.2, 0.25) is 0 Å². The van der Waals surface area contributed by atoms with Gasteiger partial charge in [-0.25, -0.2) is 0 Å². The van der Waals surface area contributed by atoms with Gasteiger partial charge in [0.2, 0.25) is 0 Å². The average molecular weight is 264 g/mol. The maximum absolute atomic E-state index is 5.93. The maximum atomic E-state index is 5.93. The van der Waals surface area contributed by atoms with Gasteiger partial charge in [0.05, 0.1) is 7.11 Å². The van der Waals surface area contributed by atoms with Crippen molar-refractivity contribution in [2.24, 2.45) is 0 Å². The second-order valence-corrected chi connectivity index (χ2v) is 4.76. The molecule has 0 spiro atoms. The predicted octanol–water partition coefficient (Wildman–Crippen LogP) is 4.93. The van der Waals surface area contributed by atoms with Crippen molar-refractivity contribution in [2.45, 2.75) is 6.92 Å². The summed E-state index contributed by atoms with van der Waals surface area (Å²) in [7, 11) is 1.66. The largest absolute Gasteiger partial charge is 0.497 e. The highest BCUT2D eigenvalue weighted by atomic mass is 16.5. The van der Waals surface area contributed by atoms with Gasteiger partial charge in [-0.1, -0.05) is 29.8 Å². The number of ether oxygens (including phenoxy) is 1. The van der Waals surface area contributed by atoms with Crippen molar-refractivity contribution in [1.82, 2.24) is 0 Å². The third kappa shape index (κ3) is 2.45. The number of benzene rings is 2. The van der Waals surface area contributed by atoms with Crippen LogP contribution in [0.5, 0.6) is 5.75 Å². The quantitative estimate of drug-likeness (QED) is 0.669. The number of methoxy groups -OCH3 is 1. The Morgan fingerprint density at radius 1 is 0.700 bits per heavy atom. The van der Waals surface area contributed by atoms with E-state index in [2.05, 4.69) is 31.2 Å². The van der Waals surface area contributed by atoms with Crippen LogP contribution >= 0.6 is 0 Å². The minimum atomic E-state index is 0.846. The van der Waals surface area contributed by atoms with E-state index in [1.807, 2.05) is 36.4 Å². The normalized spacial score (nSPS) is 10.5. The molecule has 100 valence electrons. The summed E-state index contributed by atoms with van der Waals surface area (Å²) in [5.74, 6) is 2.60. The third-order valence-electron chi connectivity index (χ3n) is 3.32. The first-order valence-electron chi connectivity index (χ1n) is 6.57. The second-order valence-electron chi connectivity index (χ2n) is 4.76. The predicted molar refractivity (Wildman–Crippen MR) is 80.9 cm³/mol. The highest BCUT2D eigenvalue weighted by Gasteiger charge is 2.06. The Kier molecular flexibility index (Phi) is 3.30. The molecule has 2 heteroatoms. The van der Waals surface area contributed by atoms with Gasteiger partial charge in [0.25, 0.3) is 0 Å². The lowest BCUT2D eigenvalue weighted by Crippen LogP contribution is -1.81. The molecular weight excluding hydrogens is 248 g/mol. The molecule has 0 radical (unpaired) electrons. The number of hydrogen-bond donors (Lipinski definition) is 0. The van der Waals surface area contributed by atoms with Crippen LogP contribution < -0.4 is 4.74 Å². The lowest BCUT2D eigenvalue weighted by Gasteiger charge is -2.01. The van der Waals surface area contributed by atoms with E-state index >= 15 is 0 Å². The summed E-state index contributed by atoms with van der Waals surface area (Å²) >= 11 is 0. The fourth-order valence-corrected chi connectivity index (χ4v) is 2.12. The van der Waals surface area contributed by atoms with Crippen molar-refractivity contribution in [2.75, 3.05) is 7.11 Å². The zero-order valence-corrected chi connectivity index (χ0v) is 11.6. The summed E-state index contributed by atoms with van der Waals surface area (Å²) in [6.07, 6.45) is 0. The lowest BCUT2D eigenvalue weighted by atomic mass is 10.1. The summed E-state index contributed by atoms with van der Waals surface area (Å²) in [5, 5.41) is 0. The third-order valence-corrected chi connectivity index (χ3v) is 3.32. The van der Waals surface area contributed by atoms with Crippen molar-refractivity contribution in [3.8, 4) is 28.4 Å². The van der Waals surface area contributed by atoms with Crippen LogP contribution in [0.15, 0.2) is 65.1 Å². The Morgan fingerprint density at radius 3 is 1.70 bits per heavy atom. The van der Waals surface area contributed by atoms with Crippen molar-refractivity contribution in [3.05, 3.63) is 66.2 Å². The van der Waals surface area contributed by atoms with Crippen LogP contribution in [0.25, 0.3) is 22.6 Å². The number of furan rings is 1. The smallest absolute Gasteiger partial charge is 0.134 e. The molecule has 0 saturated heterocycles. The van der Waals surface area contributed by atoms with Crippen LogP contribution in [0, 0.1) is 6.92 Å². The topological polar surface area (TPSA) is 22.4 Å². The standard InChI is InChI=1S/C18H16O2/c1-13-3-5-14(6-4-13)17-11-12-18(20-17)15-7-9-16(19-2)10-8-15/h3-12H,1-2H3. The molecular formula is C18H16O2. The number of hydrogen-bond acceptors (Lipinski definition) is 2. The van der Waals surface area contributed by atoms with Gasteiger partial charge in [-0.3, -0.25) is 0 Å². The van der Waals surface area contributed by atoms with Gasteiger partial charge >= 0.3 is 0 Å². The molecule has 3 aromatic rings. The van der Waals surface area contributed by atoms with Gasteiger partial charge in [0.15, 0.2) is 0 Å². The summed E-state index contributed by atoms with van der Waals surface area (Å²) in [5.41, 5.74) is 3.38. The van der Waals surface area contributed by atoms with Crippen LogP contribution in [0.4, 0.5) is 0 Å². The fraction of sp³-hybridized carbons (Fsp3) is 0.111. The van der Waals surface area contributed by atoms with E-state index in [1.165, 1.54) is 5.56 Å². The van der Waals surface area contributed by atoms with E-state index in [-0.39, 0.29) is 0 Å². The molecule has 0 unspecified atom stereocenters. The maximum Gasteiger partial charge on any atom is 0.134 e. The fourth-order valence-electron chi connectivity index (χ4n) is 2.12. The van der Waals surface area contributed by atoms with Crippen LogP contribution in [0.1, 0.15) is 5.56 Å². The van der Waals surface area contributed by atoms with E-state index in [0.29, 0.717) is 0 Å². The molecule has 2 nitrogen and oxygen atoms in total. The SMILES string of the molecule is COc1ccc(-c2ccc(-c3ccc(C)cc3)o2)cc1. The van der Waals surface area contributed by atoms with E-state index in [4.69, 9.17) is 9.15 Å². The highest BCUT2D eigenvalue weighted by Crippen LogP contribution is 2.29. The van der Waals surface area contributed by atoms with E-state index in [0.717, 1.165) is 28.4 Å². The van der Waals surface area contributed by atoms with E-state index in [9.17, 15) is 0 Å². The van der Waals surface area contributed by atoms with Gasteiger partial charge in [-0.15, -0.1) is 0 Å². The highest BCUT2D eigenvalue weighted by molar-refractivity contribution is 5.65. The molecule has 0 bridgehead atoms. The van der Waals surface area contributed by atoms with Crippen LogP contribution in [-0.4, -0.2) is 7.11 Å². The molecule has 3 rings (SSSR count). The van der Waals surface area contributed by atoms with Gasteiger partial charge in [0, 0.05) is 11.1 Å². The van der Waals surface area contributed by atoms with Gasteiger partial charge in [-0.2, -0.15) is 0 Å². The Bertz CT molecular complexity index is 691. The summed E-state index contributed by atoms with van der Waals surface area (Å²) < 4.78 is 11.1. The number of aryl methyl sites for hydroxylation is 1. The van der Waals surface area contributed by atoms with Crippen molar-refractivity contribution >= 4 is 0 Å². The molecule has 0 saturated carbocycles. The Morgan fingerprint density at radius 2 is 1.20 bits per heavy atom. The van der Waals surface area contributed by atoms with E-state index in [1.54, 1.807) is 7.11 Å². The zero-order chi connectivity index (χ0) is 13.9. The number of rotatable bonds is 3. The molecule has 0 atom stereocenters. The van der Waals surface area contributed by atoms with E-state index < -0.39 is 0 Å².